The van der Waals surface area contributed by atoms with Crippen LogP contribution in [0.25, 0.3) is 0 Å². The Hall–Kier alpha value is -1.88. The van der Waals surface area contributed by atoms with Gasteiger partial charge in [-0.05, 0) is 76.4 Å². The number of hydrogen-bond donors (Lipinski definition) is 1. The minimum atomic E-state index is -0.236. The average molecular weight is 357 g/mol. The van der Waals surface area contributed by atoms with Crippen molar-refractivity contribution in [1.29, 1.82) is 0 Å². The van der Waals surface area contributed by atoms with Crippen molar-refractivity contribution in [2.24, 2.45) is 11.8 Å². The maximum atomic E-state index is 12.5. The summed E-state index contributed by atoms with van der Waals surface area (Å²) in [6.45, 7) is 7.60. The number of carbonyl (C=O) groups excluding carboxylic acids is 2. The van der Waals surface area contributed by atoms with Gasteiger partial charge in [0, 0.05) is 25.2 Å². The molecule has 26 heavy (non-hydrogen) atoms. The van der Waals surface area contributed by atoms with Crippen LogP contribution in [0.3, 0.4) is 0 Å². The minimum absolute atomic E-state index is 0.0269. The van der Waals surface area contributed by atoms with E-state index in [9.17, 15) is 9.59 Å². The highest BCUT2D eigenvalue weighted by Gasteiger charge is 2.35. The van der Waals surface area contributed by atoms with Gasteiger partial charge < -0.3 is 15.1 Å². The molecule has 1 aromatic carbocycles. The normalized spacial score (nSPS) is 22.0. The number of aryl methyl sites for hydroxylation is 1. The molecule has 0 bridgehead atoms. The first kappa shape index (κ1) is 18.9. The molecule has 1 unspecified atom stereocenters. The number of nitrogens with zero attached hydrogens (tertiary/aromatic N) is 2. The quantitative estimate of drug-likeness (QED) is 0.881. The number of carbonyl (C=O) groups is 2. The summed E-state index contributed by atoms with van der Waals surface area (Å²) >= 11 is 0. The molecule has 142 valence electrons. The molecular weight excluding hydrogens is 326 g/mol. The molecule has 2 heterocycles. The van der Waals surface area contributed by atoms with Crippen LogP contribution in [-0.4, -0.2) is 49.9 Å². The van der Waals surface area contributed by atoms with Crippen LogP contribution < -0.4 is 10.2 Å². The molecule has 2 aliphatic heterocycles. The van der Waals surface area contributed by atoms with Gasteiger partial charge in [-0.15, -0.1) is 0 Å². The molecule has 2 fully saturated rings. The smallest absolute Gasteiger partial charge is 0.227 e. The third kappa shape index (κ3) is 4.26. The van der Waals surface area contributed by atoms with E-state index in [1.54, 1.807) is 4.90 Å². The molecule has 1 atom stereocenters. The van der Waals surface area contributed by atoms with E-state index in [-0.39, 0.29) is 17.7 Å². The Bertz CT molecular complexity index is 665. The summed E-state index contributed by atoms with van der Waals surface area (Å²) in [5.41, 5.74) is 3.22. The topological polar surface area (TPSA) is 52.7 Å². The predicted molar refractivity (Wildman–Crippen MR) is 104 cm³/mol. The molecule has 1 aromatic rings. The Labute approximate surface area is 156 Å². The summed E-state index contributed by atoms with van der Waals surface area (Å²) in [5, 5.41) is 3.07. The Morgan fingerprint density at radius 2 is 1.96 bits per heavy atom. The van der Waals surface area contributed by atoms with Crippen molar-refractivity contribution in [3.8, 4) is 0 Å². The molecule has 0 spiro atoms. The van der Waals surface area contributed by atoms with E-state index in [1.807, 2.05) is 32.0 Å². The van der Waals surface area contributed by atoms with Crippen LogP contribution in [0.15, 0.2) is 18.2 Å². The number of hydrogen-bond acceptors (Lipinski definition) is 3. The molecule has 2 amide bonds. The van der Waals surface area contributed by atoms with Crippen LogP contribution in [0.5, 0.6) is 0 Å². The summed E-state index contributed by atoms with van der Waals surface area (Å²) in [4.78, 5) is 29.1. The Morgan fingerprint density at radius 3 is 2.69 bits per heavy atom. The van der Waals surface area contributed by atoms with Gasteiger partial charge in [0.15, 0.2) is 0 Å². The second kappa shape index (κ2) is 8.21. The highest BCUT2D eigenvalue weighted by atomic mass is 16.2. The minimum Gasteiger partial charge on any atom is -0.356 e. The van der Waals surface area contributed by atoms with Crippen molar-refractivity contribution in [1.82, 2.24) is 10.2 Å². The molecule has 5 heteroatoms. The van der Waals surface area contributed by atoms with Crippen molar-refractivity contribution in [2.45, 2.75) is 39.5 Å². The Kier molecular flexibility index (Phi) is 5.97. The first-order valence-electron chi connectivity index (χ1n) is 9.78. The highest BCUT2D eigenvalue weighted by Crippen LogP contribution is 2.29. The highest BCUT2D eigenvalue weighted by molar-refractivity contribution is 6.00. The fourth-order valence-corrected chi connectivity index (χ4v) is 4.04. The third-order valence-corrected chi connectivity index (χ3v) is 6.05. The van der Waals surface area contributed by atoms with Gasteiger partial charge >= 0.3 is 0 Å². The van der Waals surface area contributed by atoms with Crippen LogP contribution in [-0.2, 0) is 9.59 Å². The first-order chi connectivity index (χ1) is 12.5. The van der Waals surface area contributed by atoms with E-state index in [4.69, 9.17) is 0 Å². The summed E-state index contributed by atoms with van der Waals surface area (Å²) in [7, 11) is 2.16. The summed E-state index contributed by atoms with van der Waals surface area (Å²) in [6, 6.07) is 5.99. The maximum absolute atomic E-state index is 12.5. The SMILES string of the molecule is Cc1cccc(N2CC(C(=O)NCCC3CCN(C)CC3)CC2=O)c1C. The van der Waals surface area contributed by atoms with Crippen LogP contribution in [0.2, 0.25) is 0 Å². The van der Waals surface area contributed by atoms with Gasteiger partial charge in [0.25, 0.3) is 0 Å². The zero-order chi connectivity index (χ0) is 18.7. The van der Waals surface area contributed by atoms with E-state index >= 15 is 0 Å². The molecule has 1 N–H and O–H groups in total. The van der Waals surface area contributed by atoms with Crippen molar-refractivity contribution in [2.75, 3.05) is 38.1 Å². The van der Waals surface area contributed by atoms with Gasteiger partial charge in [-0.25, -0.2) is 0 Å². The number of amides is 2. The largest absolute Gasteiger partial charge is 0.356 e. The first-order valence-corrected chi connectivity index (χ1v) is 9.78. The van der Waals surface area contributed by atoms with E-state index in [0.29, 0.717) is 18.9 Å². The molecule has 3 rings (SSSR count). The number of likely N-dealkylation sites (tertiary alicyclic amines) is 1. The molecular formula is C21H31N3O2. The lowest BCUT2D eigenvalue weighted by Crippen LogP contribution is -2.36. The number of anilines is 1. The molecule has 5 nitrogen and oxygen atoms in total. The van der Waals surface area contributed by atoms with Gasteiger partial charge in [0.2, 0.25) is 11.8 Å². The van der Waals surface area contributed by atoms with Crippen LogP contribution in [0.4, 0.5) is 5.69 Å². The predicted octanol–water partition coefficient (Wildman–Crippen LogP) is 2.50. The van der Waals surface area contributed by atoms with Gasteiger partial charge in [0.1, 0.15) is 0 Å². The molecule has 0 radical (unpaired) electrons. The van der Waals surface area contributed by atoms with Crippen molar-refractivity contribution >= 4 is 17.5 Å². The van der Waals surface area contributed by atoms with Crippen molar-refractivity contribution in [3.63, 3.8) is 0 Å². The van der Waals surface area contributed by atoms with Gasteiger partial charge in [-0.3, -0.25) is 9.59 Å². The number of nitrogens with one attached hydrogen (secondary N) is 1. The number of piperidine rings is 1. The zero-order valence-corrected chi connectivity index (χ0v) is 16.3. The third-order valence-electron chi connectivity index (χ3n) is 6.05. The molecule has 0 aromatic heterocycles. The monoisotopic (exact) mass is 357 g/mol. The summed E-state index contributed by atoms with van der Waals surface area (Å²) in [6.07, 6.45) is 3.79. The van der Waals surface area contributed by atoms with Gasteiger partial charge in [0.05, 0.1) is 5.92 Å². The summed E-state index contributed by atoms with van der Waals surface area (Å²) < 4.78 is 0. The second-order valence-electron chi connectivity index (χ2n) is 7.95. The van der Waals surface area contributed by atoms with E-state index < -0.39 is 0 Å². The average Bonchev–Trinajstić information content (AvgIpc) is 3.01. The van der Waals surface area contributed by atoms with Crippen LogP contribution in [0.1, 0.15) is 36.8 Å². The summed E-state index contributed by atoms with van der Waals surface area (Å²) in [5.74, 6) is 0.552. The van der Waals surface area contributed by atoms with Crippen LogP contribution >= 0.6 is 0 Å². The fourth-order valence-electron chi connectivity index (χ4n) is 4.04. The molecule has 0 aliphatic carbocycles. The number of rotatable bonds is 5. The lowest BCUT2D eigenvalue weighted by Gasteiger charge is -2.29. The van der Waals surface area contributed by atoms with E-state index in [0.717, 1.165) is 37.3 Å². The lowest BCUT2D eigenvalue weighted by molar-refractivity contribution is -0.126. The van der Waals surface area contributed by atoms with Crippen LogP contribution in [0, 0.1) is 25.7 Å². The number of benzene rings is 1. The second-order valence-corrected chi connectivity index (χ2v) is 7.95. The molecule has 2 saturated heterocycles. The zero-order valence-electron chi connectivity index (χ0n) is 16.3. The molecule has 2 aliphatic rings. The van der Waals surface area contributed by atoms with E-state index in [1.165, 1.54) is 18.4 Å². The fraction of sp³-hybridized carbons (Fsp3) is 0.619. The maximum Gasteiger partial charge on any atom is 0.227 e. The van der Waals surface area contributed by atoms with Crippen molar-refractivity contribution in [3.05, 3.63) is 29.3 Å². The Balaban J connectivity index is 1.50. The van der Waals surface area contributed by atoms with Gasteiger partial charge in [-0.2, -0.15) is 0 Å². The van der Waals surface area contributed by atoms with Gasteiger partial charge in [-0.1, -0.05) is 12.1 Å². The van der Waals surface area contributed by atoms with E-state index in [2.05, 4.69) is 17.3 Å². The van der Waals surface area contributed by atoms with Crippen molar-refractivity contribution < 1.29 is 9.59 Å². The molecule has 0 saturated carbocycles. The standard InChI is InChI=1S/C21H31N3O2/c1-15-5-4-6-19(16(15)2)24-14-18(13-20(24)25)21(26)22-10-7-17-8-11-23(3)12-9-17/h4-6,17-18H,7-14H2,1-3H3,(H,22,26). The lowest BCUT2D eigenvalue weighted by atomic mass is 9.94. The Morgan fingerprint density at radius 1 is 1.23 bits per heavy atom.